The van der Waals surface area contributed by atoms with Crippen LogP contribution in [-0.4, -0.2) is 36.8 Å². The van der Waals surface area contributed by atoms with E-state index in [4.69, 9.17) is 4.74 Å². The Morgan fingerprint density at radius 1 is 1.13 bits per heavy atom. The number of nitrogens with one attached hydrogen (secondary N) is 2. The lowest BCUT2D eigenvalue weighted by atomic mass is 10.1. The molecule has 0 aromatic carbocycles. The van der Waals surface area contributed by atoms with Crippen LogP contribution in [0.15, 0.2) is 0 Å². The summed E-state index contributed by atoms with van der Waals surface area (Å²) in [6.45, 7) is 5.21. The molecule has 2 atom stereocenters. The molecule has 0 aliphatic heterocycles. The Morgan fingerprint density at radius 3 is 2.22 bits per heavy atom. The van der Waals surface area contributed by atoms with Crippen molar-refractivity contribution in [1.82, 2.24) is 10.0 Å². The van der Waals surface area contributed by atoms with Crippen LogP contribution < -0.4 is 10.0 Å². The van der Waals surface area contributed by atoms with Gasteiger partial charge in [0.05, 0.1) is 5.25 Å². The lowest BCUT2D eigenvalue weighted by Crippen LogP contribution is -2.53. The van der Waals surface area contributed by atoms with E-state index in [1.165, 1.54) is 0 Å². The summed E-state index contributed by atoms with van der Waals surface area (Å²) in [4.78, 5) is 24.6. The number of rotatable bonds is 5. The molecular weight excluding hydrogens is 320 g/mol. The molecule has 3 aliphatic carbocycles. The molecule has 0 unspecified atom stereocenters. The Bertz CT molecular complexity index is 631. The average Bonchev–Trinajstić information content (AvgIpc) is 3.16. The van der Waals surface area contributed by atoms with Crippen molar-refractivity contribution in [1.29, 1.82) is 0 Å². The van der Waals surface area contributed by atoms with Crippen molar-refractivity contribution in [3.63, 3.8) is 0 Å². The Balaban J connectivity index is 1.70. The molecule has 0 radical (unpaired) electrons. The molecule has 0 spiro atoms. The molecular formula is C15H24N2O5S. The molecule has 0 bridgehead atoms. The van der Waals surface area contributed by atoms with Crippen molar-refractivity contribution in [2.24, 2.45) is 11.8 Å². The zero-order chi connectivity index (χ0) is 17.0. The van der Waals surface area contributed by atoms with Crippen LogP contribution in [0.4, 0.5) is 4.79 Å². The van der Waals surface area contributed by atoms with E-state index in [0.29, 0.717) is 25.2 Å². The van der Waals surface area contributed by atoms with Crippen molar-refractivity contribution in [2.75, 3.05) is 0 Å². The van der Waals surface area contributed by atoms with Crippen LogP contribution in [0.5, 0.6) is 0 Å². The van der Waals surface area contributed by atoms with Crippen LogP contribution in [0.1, 0.15) is 52.9 Å². The normalized spacial score (nSPS) is 30.5. The molecule has 130 valence electrons. The summed E-state index contributed by atoms with van der Waals surface area (Å²) in [5.41, 5.74) is -1.81. The minimum absolute atomic E-state index is 0.00409. The minimum Gasteiger partial charge on any atom is -0.444 e. The van der Waals surface area contributed by atoms with Gasteiger partial charge in [-0.3, -0.25) is 9.52 Å². The van der Waals surface area contributed by atoms with Gasteiger partial charge in [0, 0.05) is 0 Å². The molecule has 3 fully saturated rings. The SMILES string of the molecule is CC(C)(C)OC(=O)N[C@]1(C(=O)NS(=O)(=O)C2CC2)C[C@H]1C1CC1. The summed E-state index contributed by atoms with van der Waals surface area (Å²) in [6, 6.07) is 0. The fourth-order valence-corrected chi connectivity index (χ4v) is 4.35. The number of alkyl carbamates (subject to hydrolysis) is 1. The summed E-state index contributed by atoms with van der Waals surface area (Å²) < 4.78 is 31.4. The van der Waals surface area contributed by atoms with Gasteiger partial charge in [-0.2, -0.15) is 0 Å². The van der Waals surface area contributed by atoms with E-state index < -0.39 is 38.4 Å². The van der Waals surface area contributed by atoms with Gasteiger partial charge in [0.1, 0.15) is 11.1 Å². The maximum absolute atomic E-state index is 12.6. The van der Waals surface area contributed by atoms with Crippen molar-refractivity contribution in [2.45, 2.75) is 69.3 Å². The second kappa shape index (κ2) is 5.09. The lowest BCUT2D eigenvalue weighted by Gasteiger charge is -2.24. The smallest absolute Gasteiger partial charge is 0.408 e. The number of ether oxygens (including phenoxy) is 1. The number of carbonyl (C=O) groups is 2. The molecule has 3 saturated carbocycles. The summed E-state index contributed by atoms with van der Waals surface area (Å²) in [5, 5.41) is 2.17. The number of sulfonamides is 1. The molecule has 3 rings (SSSR count). The third-order valence-electron chi connectivity index (χ3n) is 4.53. The van der Waals surface area contributed by atoms with E-state index in [9.17, 15) is 18.0 Å². The summed E-state index contributed by atoms with van der Waals surface area (Å²) >= 11 is 0. The zero-order valence-electron chi connectivity index (χ0n) is 13.7. The minimum atomic E-state index is -3.62. The first-order valence-corrected chi connectivity index (χ1v) is 9.65. The predicted molar refractivity (Wildman–Crippen MR) is 83.0 cm³/mol. The average molecular weight is 344 g/mol. The van der Waals surface area contributed by atoms with Gasteiger partial charge in [-0.25, -0.2) is 13.2 Å². The second-order valence-electron chi connectivity index (χ2n) is 7.92. The maximum Gasteiger partial charge on any atom is 0.408 e. The Morgan fingerprint density at radius 2 is 1.74 bits per heavy atom. The summed E-state index contributed by atoms with van der Waals surface area (Å²) in [7, 11) is -3.62. The van der Waals surface area contributed by atoms with Crippen molar-refractivity contribution in [3.8, 4) is 0 Å². The highest BCUT2D eigenvalue weighted by atomic mass is 32.2. The van der Waals surface area contributed by atoms with Crippen molar-refractivity contribution < 1.29 is 22.7 Å². The third kappa shape index (κ3) is 3.62. The largest absolute Gasteiger partial charge is 0.444 e. The van der Waals surface area contributed by atoms with Crippen LogP contribution >= 0.6 is 0 Å². The molecule has 3 aliphatic rings. The summed E-state index contributed by atoms with van der Waals surface area (Å²) in [6.07, 6.45) is 3.00. The molecule has 0 heterocycles. The van der Waals surface area contributed by atoms with Crippen LogP contribution in [-0.2, 0) is 19.6 Å². The first-order chi connectivity index (χ1) is 10.5. The monoisotopic (exact) mass is 344 g/mol. The van der Waals surface area contributed by atoms with Crippen LogP contribution in [0.2, 0.25) is 0 Å². The van der Waals surface area contributed by atoms with Gasteiger partial charge in [0.25, 0.3) is 5.91 Å². The van der Waals surface area contributed by atoms with Crippen LogP contribution in [0, 0.1) is 11.8 Å². The predicted octanol–water partition coefficient (Wildman–Crippen LogP) is 1.29. The van der Waals surface area contributed by atoms with Crippen LogP contribution in [0.3, 0.4) is 0 Å². The van der Waals surface area contributed by atoms with E-state index in [1.54, 1.807) is 20.8 Å². The number of hydrogen-bond donors (Lipinski definition) is 2. The zero-order valence-corrected chi connectivity index (χ0v) is 14.5. The molecule has 8 heteroatoms. The van der Waals surface area contributed by atoms with Gasteiger partial charge in [-0.05, 0) is 64.7 Å². The lowest BCUT2D eigenvalue weighted by molar-refractivity contribution is -0.122. The van der Waals surface area contributed by atoms with Gasteiger partial charge < -0.3 is 10.1 Å². The van der Waals surface area contributed by atoms with Crippen molar-refractivity contribution in [3.05, 3.63) is 0 Å². The summed E-state index contributed by atoms with van der Waals surface area (Å²) in [5.74, 6) is -0.226. The van der Waals surface area contributed by atoms with Crippen molar-refractivity contribution >= 4 is 22.0 Å². The van der Waals surface area contributed by atoms with E-state index in [0.717, 1.165) is 12.8 Å². The Hall–Kier alpha value is -1.31. The third-order valence-corrected chi connectivity index (χ3v) is 6.35. The van der Waals surface area contributed by atoms with E-state index in [-0.39, 0.29) is 5.92 Å². The Labute approximate surface area is 136 Å². The van der Waals surface area contributed by atoms with Gasteiger partial charge >= 0.3 is 6.09 Å². The van der Waals surface area contributed by atoms with Gasteiger partial charge in [0.15, 0.2) is 0 Å². The second-order valence-corrected chi connectivity index (χ2v) is 9.88. The standard InChI is InChI=1S/C15H24N2O5S/c1-14(2,3)22-13(19)16-15(8-11(15)9-4-5-9)12(18)17-23(20,21)10-6-7-10/h9-11H,4-8H2,1-3H3,(H,16,19)(H,17,18)/t11-,15+/m0/s1. The highest BCUT2D eigenvalue weighted by molar-refractivity contribution is 7.90. The number of hydrogen-bond acceptors (Lipinski definition) is 5. The molecule has 0 aromatic rings. The fraction of sp³-hybridized carbons (Fsp3) is 0.867. The topological polar surface area (TPSA) is 102 Å². The highest BCUT2D eigenvalue weighted by Crippen LogP contribution is 2.57. The molecule has 23 heavy (non-hydrogen) atoms. The highest BCUT2D eigenvalue weighted by Gasteiger charge is 2.66. The van der Waals surface area contributed by atoms with Crippen LogP contribution in [0.25, 0.3) is 0 Å². The number of carbonyl (C=O) groups excluding carboxylic acids is 2. The molecule has 2 N–H and O–H groups in total. The van der Waals surface area contributed by atoms with Gasteiger partial charge in [-0.1, -0.05) is 0 Å². The first kappa shape index (κ1) is 16.5. The molecule has 0 aromatic heterocycles. The molecule has 0 saturated heterocycles. The molecule has 2 amide bonds. The van der Waals surface area contributed by atoms with Gasteiger partial charge in [-0.15, -0.1) is 0 Å². The van der Waals surface area contributed by atoms with E-state index >= 15 is 0 Å². The quantitative estimate of drug-likeness (QED) is 0.782. The maximum atomic E-state index is 12.6. The van der Waals surface area contributed by atoms with E-state index in [1.807, 2.05) is 0 Å². The molecule has 7 nitrogen and oxygen atoms in total. The fourth-order valence-electron chi connectivity index (χ4n) is 2.98. The first-order valence-electron chi connectivity index (χ1n) is 8.11. The number of amides is 2. The van der Waals surface area contributed by atoms with E-state index in [2.05, 4.69) is 10.0 Å². The van der Waals surface area contributed by atoms with Gasteiger partial charge in [0.2, 0.25) is 10.0 Å². The Kier molecular flexibility index (Phi) is 3.66.